The van der Waals surface area contributed by atoms with E-state index < -0.39 is 9.84 Å². The molecule has 19 heavy (non-hydrogen) atoms. The molecule has 102 valence electrons. The molecule has 3 rings (SSSR count). The Bertz CT molecular complexity index is 629. The zero-order chi connectivity index (χ0) is 13.5. The van der Waals surface area contributed by atoms with Crippen molar-refractivity contribution in [3.05, 3.63) is 29.2 Å². The highest BCUT2D eigenvalue weighted by Gasteiger charge is 2.27. The smallest absolute Gasteiger partial charge is 0.200 e. The lowest BCUT2D eigenvalue weighted by molar-refractivity contribution is 0.560. The first kappa shape index (κ1) is 12.7. The zero-order valence-corrected chi connectivity index (χ0v) is 11.5. The molecule has 0 spiro atoms. The predicted molar refractivity (Wildman–Crippen MR) is 76.3 cm³/mol. The Morgan fingerprint density at radius 1 is 1.26 bits per heavy atom. The summed E-state index contributed by atoms with van der Waals surface area (Å²) in [5.74, 6) is 0. The fourth-order valence-corrected chi connectivity index (χ4v) is 4.39. The minimum Gasteiger partial charge on any atom is -0.399 e. The Morgan fingerprint density at radius 2 is 2.00 bits per heavy atom. The van der Waals surface area contributed by atoms with Crippen LogP contribution in [0.25, 0.3) is 5.57 Å². The summed E-state index contributed by atoms with van der Waals surface area (Å²) in [6.07, 6.45) is 4.91. The molecule has 2 aliphatic rings. The molecule has 1 aliphatic carbocycles. The molecule has 0 aromatic heterocycles. The van der Waals surface area contributed by atoms with Crippen LogP contribution in [-0.4, -0.2) is 21.0 Å². The van der Waals surface area contributed by atoms with Crippen LogP contribution in [0.1, 0.15) is 31.2 Å². The van der Waals surface area contributed by atoms with Crippen LogP contribution >= 0.6 is 0 Å². The largest absolute Gasteiger partial charge is 0.399 e. The molecule has 1 heterocycles. The molecular formula is C14H18N2O2S. The minimum atomic E-state index is -3.31. The fourth-order valence-electron chi connectivity index (χ4n) is 2.87. The van der Waals surface area contributed by atoms with Crippen LogP contribution in [0, 0.1) is 0 Å². The first-order chi connectivity index (χ1) is 9.06. The standard InChI is InChI=1S/C14H18N2O2S/c15-11-5-6-13-10(8-16-12-3-1-2-4-12)9-19(17,18)14(13)7-11/h5-7,9,12,16H,1-4,8,15H2. The van der Waals surface area contributed by atoms with Gasteiger partial charge in [0.05, 0.1) is 4.90 Å². The van der Waals surface area contributed by atoms with Gasteiger partial charge in [-0.1, -0.05) is 18.9 Å². The lowest BCUT2D eigenvalue weighted by atomic mass is 10.1. The van der Waals surface area contributed by atoms with E-state index in [0.29, 0.717) is 23.2 Å². The number of nitrogens with one attached hydrogen (secondary N) is 1. The lowest BCUT2D eigenvalue weighted by Gasteiger charge is -2.12. The number of rotatable bonds is 3. The molecule has 0 amide bonds. The molecule has 0 saturated heterocycles. The average Bonchev–Trinajstić information content (AvgIpc) is 2.94. The number of sulfone groups is 1. The van der Waals surface area contributed by atoms with Crippen LogP contribution in [0.3, 0.4) is 0 Å². The second-order valence-electron chi connectivity index (χ2n) is 5.31. The van der Waals surface area contributed by atoms with E-state index in [2.05, 4.69) is 5.32 Å². The van der Waals surface area contributed by atoms with E-state index in [1.54, 1.807) is 18.2 Å². The van der Waals surface area contributed by atoms with Crippen LogP contribution in [0.4, 0.5) is 5.69 Å². The topological polar surface area (TPSA) is 72.2 Å². The Morgan fingerprint density at radius 3 is 2.74 bits per heavy atom. The average molecular weight is 278 g/mol. The van der Waals surface area contributed by atoms with Gasteiger partial charge in [-0.25, -0.2) is 8.42 Å². The summed E-state index contributed by atoms with van der Waals surface area (Å²) in [4.78, 5) is 0.343. The molecule has 1 saturated carbocycles. The number of hydrogen-bond donors (Lipinski definition) is 2. The van der Waals surface area contributed by atoms with E-state index >= 15 is 0 Å². The quantitative estimate of drug-likeness (QED) is 0.829. The monoisotopic (exact) mass is 278 g/mol. The minimum absolute atomic E-state index is 0.343. The van der Waals surface area contributed by atoms with Crippen molar-refractivity contribution in [2.75, 3.05) is 12.3 Å². The van der Waals surface area contributed by atoms with Gasteiger partial charge in [-0.3, -0.25) is 0 Å². The second-order valence-corrected chi connectivity index (χ2v) is 7.07. The van der Waals surface area contributed by atoms with Crippen LogP contribution in [0.15, 0.2) is 28.5 Å². The lowest BCUT2D eigenvalue weighted by Crippen LogP contribution is -2.27. The molecule has 0 bridgehead atoms. The van der Waals surface area contributed by atoms with Gasteiger partial charge in [0.25, 0.3) is 0 Å². The molecule has 5 heteroatoms. The molecule has 1 fully saturated rings. The molecule has 0 unspecified atom stereocenters. The van der Waals surface area contributed by atoms with Gasteiger partial charge in [-0.2, -0.15) is 0 Å². The van der Waals surface area contributed by atoms with Gasteiger partial charge in [-0.15, -0.1) is 0 Å². The number of anilines is 1. The van der Waals surface area contributed by atoms with Crippen LogP contribution in [0.5, 0.6) is 0 Å². The number of benzene rings is 1. The van der Waals surface area contributed by atoms with E-state index in [0.717, 1.165) is 11.1 Å². The Balaban J connectivity index is 1.83. The van der Waals surface area contributed by atoms with Gasteiger partial charge in [0, 0.05) is 23.7 Å². The van der Waals surface area contributed by atoms with E-state index in [-0.39, 0.29) is 0 Å². The first-order valence-corrected chi connectivity index (χ1v) is 8.20. The SMILES string of the molecule is Nc1ccc2c(c1)S(=O)(=O)C=C2CNC1CCCC1. The summed E-state index contributed by atoms with van der Waals surface area (Å²) in [5, 5.41) is 4.83. The Kier molecular flexibility index (Phi) is 3.11. The third-order valence-electron chi connectivity index (χ3n) is 3.89. The maximum atomic E-state index is 12.1. The van der Waals surface area contributed by atoms with Crippen molar-refractivity contribution in [2.24, 2.45) is 0 Å². The van der Waals surface area contributed by atoms with Crippen molar-refractivity contribution >= 4 is 21.1 Å². The number of nitrogens with two attached hydrogens (primary N) is 1. The molecule has 0 radical (unpaired) electrons. The molecular weight excluding hydrogens is 260 g/mol. The van der Waals surface area contributed by atoms with Crippen LogP contribution in [0.2, 0.25) is 0 Å². The van der Waals surface area contributed by atoms with Gasteiger partial charge in [0.2, 0.25) is 9.84 Å². The highest BCUT2D eigenvalue weighted by molar-refractivity contribution is 7.95. The summed E-state index contributed by atoms with van der Waals surface area (Å²) in [5.41, 5.74) is 7.79. The first-order valence-electron chi connectivity index (χ1n) is 6.65. The Labute approximate surface area is 113 Å². The summed E-state index contributed by atoms with van der Waals surface area (Å²) >= 11 is 0. The molecule has 0 atom stereocenters. The van der Waals surface area contributed by atoms with E-state index in [4.69, 9.17) is 5.73 Å². The van der Waals surface area contributed by atoms with Crippen molar-refractivity contribution in [2.45, 2.75) is 36.6 Å². The predicted octanol–water partition coefficient (Wildman–Crippen LogP) is 1.93. The van der Waals surface area contributed by atoms with Gasteiger partial charge in [0.1, 0.15) is 0 Å². The van der Waals surface area contributed by atoms with Crippen LogP contribution < -0.4 is 11.1 Å². The van der Waals surface area contributed by atoms with Crippen molar-refractivity contribution < 1.29 is 8.42 Å². The van der Waals surface area contributed by atoms with Crippen molar-refractivity contribution in [3.8, 4) is 0 Å². The van der Waals surface area contributed by atoms with Gasteiger partial charge in [0.15, 0.2) is 0 Å². The number of hydrogen-bond acceptors (Lipinski definition) is 4. The number of fused-ring (bicyclic) bond motifs is 1. The summed E-state index contributed by atoms with van der Waals surface area (Å²) < 4.78 is 24.1. The van der Waals surface area contributed by atoms with Crippen molar-refractivity contribution in [1.29, 1.82) is 0 Å². The van der Waals surface area contributed by atoms with Gasteiger partial charge >= 0.3 is 0 Å². The normalized spacial score (nSPS) is 21.4. The Hall–Kier alpha value is -1.33. The highest BCUT2D eigenvalue weighted by atomic mass is 32.2. The van der Waals surface area contributed by atoms with Crippen molar-refractivity contribution in [3.63, 3.8) is 0 Å². The van der Waals surface area contributed by atoms with E-state index in [9.17, 15) is 8.42 Å². The molecule has 4 nitrogen and oxygen atoms in total. The maximum Gasteiger partial charge on any atom is 0.200 e. The van der Waals surface area contributed by atoms with E-state index in [1.165, 1.54) is 31.1 Å². The summed E-state index contributed by atoms with van der Waals surface area (Å²) in [7, 11) is -3.31. The third-order valence-corrected chi connectivity index (χ3v) is 5.44. The second kappa shape index (κ2) is 4.65. The van der Waals surface area contributed by atoms with E-state index in [1.807, 2.05) is 0 Å². The molecule has 3 N–H and O–H groups in total. The maximum absolute atomic E-state index is 12.1. The highest BCUT2D eigenvalue weighted by Crippen LogP contribution is 2.34. The van der Waals surface area contributed by atoms with Crippen molar-refractivity contribution in [1.82, 2.24) is 5.32 Å². The summed E-state index contributed by atoms with van der Waals surface area (Å²) in [6, 6.07) is 5.63. The molecule has 1 aliphatic heterocycles. The zero-order valence-electron chi connectivity index (χ0n) is 10.7. The van der Waals surface area contributed by atoms with Gasteiger partial charge in [-0.05, 0) is 36.1 Å². The third kappa shape index (κ3) is 2.40. The molecule has 1 aromatic rings. The fraction of sp³-hybridized carbons (Fsp3) is 0.429. The number of nitrogen functional groups attached to an aromatic ring is 1. The van der Waals surface area contributed by atoms with Gasteiger partial charge < -0.3 is 11.1 Å². The molecule has 1 aromatic carbocycles. The van der Waals surface area contributed by atoms with Crippen LogP contribution in [-0.2, 0) is 9.84 Å². The summed E-state index contributed by atoms with van der Waals surface area (Å²) in [6.45, 7) is 0.612.